The number of esters is 2. The van der Waals surface area contributed by atoms with Gasteiger partial charge in [-0.25, -0.2) is 9.59 Å². The number of aliphatic hydroxyl groups excluding tert-OH is 2. The van der Waals surface area contributed by atoms with Crippen LogP contribution < -0.4 is 0 Å². The van der Waals surface area contributed by atoms with Gasteiger partial charge in [0.1, 0.15) is 11.2 Å². The van der Waals surface area contributed by atoms with Gasteiger partial charge in [-0.05, 0) is 27.7 Å². The Kier molecular flexibility index (Phi) is 7.45. The maximum Gasteiger partial charge on any atom is 0.331 e. The summed E-state index contributed by atoms with van der Waals surface area (Å²) in [6.45, 7) is 6.47. The molecule has 116 valence electrons. The molecule has 20 heavy (non-hydrogen) atoms. The molecule has 0 fully saturated rings. The Morgan fingerprint density at radius 1 is 0.850 bits per heavy atom. The molecule has 0 radical (unpaired) electrons. The summed E-state index contributed by atoms with van der Waals surface area (Å²) in [5.41, 5.74) is -1.59. The number of hydrogen-bond donors (Lipinski definition) is 2. The van der Waals surface area contributed by atoms with Crippen LogP contribution in [0.1, 0.15) is 40.5 Å². The first-order chi connectivity index (χ1) is 9.12. The van der Waals surface area contributed by atoms with E-state index in [2.05, 4.69) is 0 Å². The predicted octanol–water partition coefficient (Wildman–Crippen LogP) is 0.951. The summed E-state index contributed by atoms with van der Waals surface area (Å²) < 4.78 is 10.1. The first-order valence-corrected chi connectivity index (χ1v) is 6.47. The van der Waals surface area contributed by atoms with E-state index in [4.69, 9.17) is 19.7 Å². The van der Waals surface area contributed by atoms with Crippen LogP contribution in [-0.2, 0) is 19.1 Å². The highest BCUT2D eigenvalue weighted by Gasteiger charge is 2.22. The van der Waals surface area contributed by atoms with E-state index >= 15 is 0 Å². The molecule has 0 saturated carbocycles. The van der Waals surface area contributed by atoms with Crippen LogP contribution in [0, 0.1) is 0 Å². The lowest BCUT2D eigenvalue weighted by Gasteiger charge is -2.24. The molecule has 0 saturated heterocycles. The van der Waals surface area contributed by atoms with E-state index in [0.29, 0.717) is 12.8 Å². The Balaban J connectivity index is 4.35. The average molecular weight is 288 g/mol. The maximum atomic E-state index is 11.5. The zero-order chi connectivity index (χ0) is 15.8. The Morgan fingerprint density at radius 2 is 1.15 bits per heavy atom. The lowest BCUT2D eigenvalue weighted by atomic mass is 10.1. The maximum absolute atomic E-state index is 11.5. The van der Waals surface area contributed by atoms with Gasteiger partial charge in [-0.2, -0.15) is 0 Å². The lowest BCUT2D eigenvalue weighted by molar-refractivity contribution is -0.154. The van der Waals surface area contributed by atoms with Crippen molar-refractivity contribution in [3.8, 4) is 0 Å². The summed E-state index contributed by atoms with van der Waals surface area (Å²) in [7, 11) is 0. The van der Waals surface area contributed by atoms with Crippen LogP contribution in [0.2, 0.25) is 0 Å². The minimum Gasteiger partial charge on any atom is -0.456 e. The molecule has 0 aromatic heterocycles. The minimum atomic E-state index is -0.795. The summed E-state index contributed by atoms with van der Waals surface area (Å²) in [5, 5.41) is 17.6. The normalized spacial score (nSPS) is 12.5. The first kappa shape index (κ1) is 18.6. The highest BCUT2D eigenvalue weighted by atomic mass is 16.6. The van der Waals surface area contributed by atoms with Gasteiger partial charge in [0.2, 0.25) is 0 Å². The second-order valence-electron chi connectivity index (χ2n) is 5.64. The van der Waals surface area contributed by atoms with Crippen LogP contribution in [0.15, 0.2) is 12.2 Å². The lowest BCUT2D eigenvalue weighted by Crippen LogP contribution is -2.29. The number of carbonyl (C=O) groups is 2. The zero-order valence-corrected chi connectivity index (χ0v) is 12.5. The molecule has 0 atom stereocenters. The Hall–Kier alpha value is -1.40. The van der Waals surface area contributed by atoms with Gasteiger partial charge in [0.05, 0.1) is 0 Å². The molecule has 6 heteroatoms. The predicted molar refractivity (Wildman–Crippen MR) is 72.9 cm³/mol. The topological polar surface area (TPSA) is 93.1 Å². The number of hydrogen-bond acceptors (Lipinski definition) is 6. The fraction of sp³-hybridized carbons (Fsp3) is 0.714. The van der Waals surface area contributed by atoms with Gasteiger partial charge in [-0.1, -0.05) is 0 Å². The van der Waals surface area contributed by atoms with E-state index in [-0.39, 0.29) is 13.2 Å². The molecule has 0 aliphatic carbocycles. The molecular formula is C14H24O6. The van der Waals surface area contributed by atoms with E-state index < -0.39 is 23.1 Å². The van der Waals surface area contributed by atoms with Crippen molar-refractivity contribution in [2.45, 2.75) is 51.7 Å². The van der Waals surface area contributed by atoms with Gasteiger partial charge < -0.3 is 19.7 Å². The summed E-state index contributed by atoms with van der Waals surface area (Å²) in [6, 6.07) is 0. The molecule has 2 N–H and O–H groups in total. The molecule has 0 bridgehead atoms. The van der Waals surface area contributed by atoms with Gasteiger partial charge in [-0.3, -0.25) is 0 Å². The summed E-state index contributed by atoms with van der Waals surface area (Å²) in [5.74, 6) is -1.36. The molecule has 0 aliphatic heterocycles. The quantitative estimate of drug-likeness (QED) is 0.510. The number of aliphatic hydroxyl groups is 2. The van der Waals surface area contributed by atoms with Crippen molar-refractivity contribution in [3.05, 3.63) is 12.2 Å². The smallest absolute Gasteiger partial charge is 0.331 e. The second-order valence-corrected chi connectivity index (χ2v) is 5.64. The number of rotatable bonds is 8. The third kappa shape index (κ3) is 8.66. The Labute approximate surface area is 119 Å². The standard InChI is InChI=1S/C14H24O6/c1-13(2,7-9-15)19-11(17)5-6-12(18)20-14(3,4)8-10-16/h5-6,15-16H,7-10H2,1-4H3/b6-5+. The van der Waals surface area contributed by atoms with Gasteiger partial charge in [-0.15, -0.1) is 0 Å². The molecular weight excluding hydrogens is 264 g/mol. The van der Waals surface area contributed by atoms with Crippen LogP contribution in [0.5, 0.6) is 0 Å². The second kappa shape index (κ2) is 8.01. The molecule has 0 rings (SSSR count). The van der Waals surface area contributed by atoms with Gasteiger partial charge in [0.15, 0.2) is 0 Å². The van der Waals surface area contributed by atoms with E-state index in [1.165, 1.54) is 0 Å². The minimum absolute atomic E-state index is 0.0958. The Bertz CT molecular complexity index is 323. The highest BCUT2D eigenvalue weighted by molar-refractivity contribution is 5.91. The van der Waals surface area contributed by atoms with Crippen LogP contribution in [0.4, 0.5) is 0 Å². The Morgan fingerprint density at radius 3 is 1.40 bits per heavy atom. The highest BCUT2D eigenvalue weighted by Crippen LogP contribution is 2.15. The summed E-state index contributed by atoms with van der Waals surface area (Å²) >= 11 is 0. The van der Waals surface area contributed by atoms with Crippen LogP contribution in [-0.4, -0.2) is 46.6 Å². The average Bonchev–Trinajstić information content (AvgIpc) is 2.24. The van der Waals surface area contributed by atoms with E-state index in [0.717, 1.165) is 12.2 Å². The van der Waals surface area contributed by atoms with Crippen LogP contribution in [0.3, 0.4) is 0 Å². The third-order valence-corrected chi connectivity index (χ3v) is 2.54. The van der Waals surface area contributed by atoms with Gasteiger partial charge >= 0.3 is 11.9 Å². The van der Waals surface area contributed by atoms with Gasteiger partial charge in [0.25, 0.3) is 0 Å². The monoisotopic (exact) mass is 288 g/mol. The van der Waals surface area contributed by atoms with Gasteiger partial charge in [0, 0.05) is 38.2 Å². The molecule has 0 aromatic carbocycles. The van der Waals surface area contributed by atoms with E-state index in [1.54, 1.807) is 27.7 Å². The molecule has 0 aliphatic rings. The zero-order valence-electron chi connectivity index (χ0n) is 12.5. The van der Waals surface area contributed by atoms with Crippen molar-refractivity contribution in [2.24, 2.45) is 0 Å². The fourth-order valence-corrected chi connectivity index (χ4v) is 1.39. The first-order valence-electron chi connectivity index (χ1n) is 6.47. The molecule has 0 amide bonds. The molecule has 0 spiro atoms. The van der Waals surface area contributed by atoms with Crippen molar-refractivity contribution in [3.63, 3.8) is 0 Å². The summed E-state index contributed by atoms with van der Waals surface area (Å²) in [6.07, 6.45) is 2.58. The SMILES string of the molecule is CC(C)(CCO)OC(=O)/C=C/C(=O)OC(C)(C)CCO. The largest absolute Gasteiger partial charge is 0.456 e. The van der Waals surface area contributed by atoms with Crippen LogP contribution in [0.25, 0.3) is 0 Å². The molecule has 0 heterocycles. The number of carbonyl (C=O) groups excluding carboxylic acids is 2. The van der Waals surface area contributed by atoms with Crippen molar-refractivity contribution < 1.29 is 29.3 Å². The van der Waals surface area contributed by atoms with Crippen molar-refractivity contribution in [1.82, 2.24) is 0 Å². The van der Waals surface area contributed by atoms with E-state index in [9.17, 15) is 9.59 Å². The van der Waals surface area contributed by atoms with Crippen molar-refractivity contribution in [2.75, 3.05) is 13.2 Å². The van der Waals surface area contributed by atoms with E-state index in [1.807, 2.05) is 0 Å². The third-order valence-electron chi connectivity index (χ3n) is 2.54. The van der Waals surface area contributed by atoms with Crippen molar-refractivity contribution in [1.29, 1.82) is 0 Å². The molecule has 0 unspecified atom stereocenters. The fourth-order valence-electron chi connectivity index (χ4n) is 1.39. The number of ether oxygens (including phenoxy) is 2. The molecule has 6 nitrogen and oxygen atoms in total. The summed E-state index contributed by atoms with van der Waals surface area (Å²) in [4.78, 5) is 23.0. The molecule has 0 aromatic rings. The van der Waals surface area contributed by atoms with Crippen molar-refractivity contribution >= 4 is 11.9 Å². The van der Waals surface area contributed by atoms with Crippen LogP contribution >= 0.6 is 0 Å².